The molecule has 30 heavy (non-hydrogen) atoms. The minimum atomic E-state index is -0.505. The van der Waals surface area contributed by atoms with Crippen molar-refractivity contribution >= 4 is 36.6 Å². The van der Waals surface area contributed by atoms with Crippen LogP contribution in [0.4, 0.5) is 22.0 Å². The predicted octanol–water partition coefficient (Wildman–Crippen LogP) is 1.76. The van der Waals surface area contributed by atoms with Crippen molar-refractivity contribution in [1.82, 2.24) is 14.5 Å². The van der Waals surface area contributed by atoms with Crippen LogP contribution in [-0.2, 0) is 11.8 Å². The van der Waals surface area contributed by atoms with E-state index in [1.165, 1.54) is 4.57 Å². The summed E-state index contributed by atoms with van der Waals surface area (Å²) in [7, 11) is 7.47. The predicted molar refractivity (Wildman–Crippen MR) is 119 cm³/mol. The smallest absolute Gasteiger partial charge is 0.410 e. The molecule has 0 aliphatic carbocycles. The molecule has 1 N–H and O–H groups in total. The van der Waals surface area contributed by atoms with E-state index < -0.39 is 5.60 Å². The number of nitrogens with zero attached hydrogens (tertiary/aromatic N) is 4. The molecule has 3 heterocycles. The van der Waals surface area contributed by atoms with Crippen LogP contribution < -0.4 is 21.2 Å². The third-order valence-corrected chi connectivity index (χ3v) is 4.83. The number of ether oxygens (including phenoxy) is 1. The SMILES string of the molecule is [B]c1cc(Nc2ccc(N3CCN(C(=O)OC(C)(C)C)C[C@@H]3C)cn2)c(=O)n(C)c1. The van der Waals surface area contributed by atoms with Crippen molar-refractivity contribution in [3.8, 4) is 0 Å². The van der Waals surface area contributed by atoms with Gasteiger partial charge in [-0.3, -0.25) is 4.79 Å². The molecular weight excluding hydrogens is 381 g/mol. The molecule has 0 aromatic carbocycles. The van der Waals surface area contributed by atoms with Gasteiger partial charge in [0.15, 0.2) is 0 Å². The Morgan fingerprint density at radius 1 is 1.30 bits per heavy atom. The number of nitrogens with one attached hydrogen (secondary N) is 1. The fraction of sp³-hybridized carbons (Fsp3) is 0.476. The van der Waals surface area contributed by atoms with Crippen LogP contribution in [0.15, 0.2) is 35.4 Å². The number of amides is 1. The van der Waals surface area contributed by atoms with E-state index in [1.54, 1.807) is 30.4 Å². The molecule has 2 aromatic rings. The Bertz CT molecular complexity index is 968. The van der Waals surface area contributed by atoms with Crippen molar-refractivity contribution in [3.63, 3.8) is 0 Å². The molecule has 0 unspecified atom stereocenters. The van der Waals surface area contributed by atoms with E-state index >= 15 is 0 Å². The summed E-state index contributed by atoms with van der Waals surface area (Å²) in [6.45, 7) is 9.51. The molecule has 8 nitrogen and oxygen atoms in total. The monoisotopic (exact) mass is 409 g/mol. The lowest BCUT2D eigenvalue weighted by Gasteiger charge is -2.41. The Morgan fingerprint density at radius 2 is 2.03 bits per heavy atom. The van der Waals surface area contributed by atoms with E-state index in [1.807, 2.05) is 32.9 Å². The fourth-order valence-corrected chi connectivity index (χ4v) is 3.43. The van der Waals surface area contributed by atoms with Crippen LogP contribution in [-0.4, -0.2) is 59.7 Å². The van der Waals surface area contributed by atoms with Crippen molar-refractivity contribution in [3.05, 3.63) is 40.9 Å². The second-order valence-corrected chi connectivity index (χ2v) is 8.60. The summed E-state index contributed by atoms with van der Waals surface area (Å²) in [5.41, 5.74) is 1.14. The van der Waals surface area contributed by atoms with Gasteiger partial charge in [0, 0.05) is 32.7 Å². The van der Waals surface area contributed by atoms with Gasteiger partial charge in [-0.25, -0.2) is 9.78 Å². The van der Waals surface area contributed by atoms with E-state index in [4.69, 9.17) is 12.6 Å². The number of hydrogen-bond donors (Lipinski definition) is 1. The Morgan fingerprint density at radius 3 is 2.63 bits per heavy atom. The van der Waals surface area contributed by atoms with Crippen LogP contribution in [0, 0.1) is 0 Å². The number of aryl methyl sites for hydroxylation is 1. The van der Waals surface area contributed by atoms with Crippen LogP contribution in [0.5, 0.6) is 0 Å². The minimum Gasteiger partial charge on any atom is -0.444 e. The van der Waals surface area contributed by atoms with Gasteiger partial charge in [-0.1, -0.05) is 5.46 Å². The Kier molecular flexibility index (Phi) is 6.10. The second kappa shape index (κ2) is 8.42. The summed E-state index contributed by atoms with van der Waals surface area (Å²) in [4.78, 5) is 32.9. The number of rotatable bonds is 3. The van der Waals surface area contributed by atoms with Gasteiger partial charge in [0.2, 0.25) is 0 Å². The zero-order valence-electron chi connectivity index (χ0n) is 18.2. The third-order valence-electron chi connectivity index (χ3n) is 4.83. The first kappa shape index (κ1) is 21.7. The highest BCUT2D eigenvalue weighted by Gasteiger charge is 2.30. The molecule has 1 aliphatic heterocycles. The standard InChI is InChI=1S/C21H28BN5O3/c1-14-12-26(20(29)30-21(2,3)4)8-9-27(14)16-6-7-18(23-11-16)24-17-10-15(22)13-25(5)19(17)28/h6-7,10-11,13-14H,8-9,12H2,1-5H3,(H,23,24)/t14-/m0/s1. The molecule has 1 saturated heterocycles. The number of carbonyl (C=O) groups excluding carboxylic acids is 1. The average molecular weight is 409 g/mol. The van der Waals surface area contributed by atoms with Gasteiger partial charge in [0.1, 0.15) is 25.0 Å². The van der Waals surface area contributed by atoms with Gasteiger partial charge in [-0.15, -0.1) is 0 Å². The molecule has 9 heteroatoms. The summed E-state index contributed by atoms with van der Waals surface area (Å²) in [6, 6.07) is 5.49. The van der Waals surface area contributed by atoms with Crippen molar-refractivity contribution < 1.29 is 9.53 Å². The molecular formula is C21H28BN5O3. The van der Waals surface area contributed by atoms with Crippen LogP contribution >= 0.6 is 0 Å². The second-order valence-electron chi connectivity index (χ2n) is 8.60. The number of pyridine rings is 2. The quantitative estimate of drug-likeness (QED) is 0.779. The Labute approximate surface area is 178 Å². The Hall–Kier alpha value is -2.97. The summed E-state index contributed by atoms with van der Waals surface area (Å²) < 4.78 is 6.91. The van der Waals surface area contributed by atoms with Crippen LogP contribution in [0.3, 0.4) is 0 Å². The summed E-state index contributed by atoms with van der Waals surface area (Å²) in [5.74, 6) is 0.557. The largest absolute Gasteiger partial charge is 0.444 e. The molecule has 3 rings (SSSR count). The van der Waals surface area contributed by atoms with Gasteiger partial charge in [0.25, 0.3) is 5.56 Å². The minimum absolute atomic E-state index is 0.119. The maximum Gasteiger partial charge on any atom is 0.410 e. The lowest BCUT2D eigenvalue weighted by atomic mass is 9.98. The van der Waals surface area contributed by atoms with Gasteiger partial charge < -0.3 is 24.4 Å². The van der Waals surface area contributed by atoms with Crippen LogP contribution in [0.1, 0.15) is 27.7 Å². The van der Waals surface area contributed by atoms with Crippen molar-refractivity contribution in [2.24, 2.45) is 7.05 Å². The Balaban J connectivity index is 1.66. The zero-order valence-corrected chi connectivity index (χ0v) is 18.2. The lowest BCUT2D eigenvalue weighted by Crippen LogP contribution is -2.54. The average Bonchev–Trinajstić information content (AvgIpc) is 2.65. The van der Waals surface area contributed by atoms with Crippen LogP contribution in [0.25, 0.3) is 0 Å². The van der Waals surface area contributed by atoms with Crippen molar-refractivity contribution in [1.29, 1.82) is 0 Å². The molecule has 0 saturated carbocycles. The van der Waals surface area contributed by atoms with Gasteiger partial charge >= 0.3 is 6.09 Å². The number of carbonyl (C=O) groups is 1. The molecule has 1 amide bonds. The first-order valence-electron chi connectivity index (χ1n) is 9.97. The lowest BCUT2D eigenvalue weighted by molar-refractivity contribution is 0.0219. The van der Waals surface area contributed by atoms with E-state index in [9.17, 15) is 9.59 Å². The van der Waals surface area contributed by atoms with Crippen molar-refractivity contribution in [2.45, 2.75) is 39.3 Å². The maximum absolute atomic E-state index is 12.3. The zero-order chi connectivity index (χ0) is 22.1. The van der Waals surface area contributed by atoms with Gasteiger partial charge in [-0.05, 0) is 52.1 Å². The summed E-state index contributed by atoms with van der Waals surface area (Å²) in [5, 5.41) is 3.03. The molecule has 0 spiro atoms. The van der Waals surface area contributed by atoms with E-state index in [0.717, 1.165) is 5.69 Å². The number of hydrogen-bond acceptors (Lipinski definition) is 6. The maximum atomic E-state index is 12.3. The first-order chi connectivity index (χ1) is 14.0. The van der Waals surface area contributed by atoms with E-state index in [-0.39, 0.29) is 17.7 Å². The highest BCUT2D eigenvalue weighted by molar-refractivity contribution is 6.32. The number of aromatic nitrogens is 2. The molecule has 1 fully saturated rings. The molecule has 2 aromatic heterocycles. The molecule has 0 bridgehead atoms. The van der Waals surface area contributed by atoms with Crippen LogP contribution in [0.2, 0.25) is 0 Å². The van der Waals surface area contributed by atoms with Crippen molar-refractivity contribution in [2.75, 3.05) is 29.9 Å². The number of piperazine rings is 1. The fourth-order valence-electron chi connectivity index (χ4n) is 3.43. The molecule has 1 atom stereocenters. The molecule has 2 radical (unpaired) electrons. The highest BCUT2D eigenvalue weighted by Crippen LogP contribution is 2.23. The molecule has 158 valence electrons. The highest BCUT2D eigenvalue weighted by atomic mass is 16.6. The first-order valence-corrected chi connectivity index (χ1v) is 9.97. The number of anilines is 3. The summed E-state index contributed by atoms with van der Waals surface area (Å²) in [6.07, 6.45) is 3.05. The summed E-state index contributed by atoms with van der Waals surface area (Å²) >= 11 is 0. The normalized spacial score (nSPS) is 17.0. The third kappa shape index (κ3) is 5.14. The topological polar surface area (TPSA) is 79.7 Å². The van der Waals surface area contributed by atoms with Gasteiger partial charge in [0.05, 0.1) is 11.9 Å². The van der Waals surface area contributed by atoms with E-state index in [2.05, 4.69) is 22.1 Å². The van der Waals surface area contributed by atoms with Gasteiger partial charge in [-0.2, -0.15) is 0 Å². The molecule has 1 aliphatic rings. The van der Waals surface area contributed by atoms with E-state index in [0.29, 0.717) is 36.6 Å².